The van der Waals surface area contributed by atoms with Gasteiger partial charge in [-0.3, -0.25) is 14.5 Å². The maximum atomic E-state index is 12.7. The second-order valence-corrected chi connectivity index (χ2v) is 8.90. The molecule has 1 unspecified atom stereocenters. The summed E-state index contributed by atoms with van der Waals surface area (Å²) in [6.07, 6.45) is 0. The molecular weight excluding hydrogens is 450 g/mol. The Morgan fingerprint density at radius 2 is 1.85 bits per heavy atom. The highest BCUT2D eigenvalue weighted by molar-refractivity contribution is 7.99. The number of carbonyl (C=O) groups is 2. The average Bonchev–Trinajstić information content (AvgIpc) is 3.22. The summed E-state index contributed by atoms with van der Waals surface area (Å²) in [5.41, 5.74) is 1.48. The first kappa shape index (κ1) is 22.0. The molecule has 3 aromatic carbocycles. The molecule has 9 heteroatoms. The standard InChI is InChI=1S/C25H23N5O3S/c1-16(30-20-12-5-6-13-21(20)33-14-23(30)32)24-27-28-25(29(24)2)34-15-22(31)26-19-11-7-9-17-8-3-4-10-18(17)19/h3-13,16H,14-15H2,1-2H3,(H,26,31). The van der Waals surface area contributed by atoms with E-state index in [4.69, 9.17) is 4.74 Å². The molecule has 2 heterocycles. The van der Waals surface area contributed by atoms with E-state index in [1.165, 1.54) is 11.8 Å². The zero-order valence-corrected chi connectivity index (χ0v) is 19.6. The number of rotatable bonds is 6. The molecule has 5 rings (SSSR count). The number of benzene rings is 3. The second-order valence-electron chi connectivity index (χ2n) is 7.96. The lowest BCUT2D eigenvalue weighted by atomic mass is 10.1. The van der Waals surface area contributed by atoms with E-state index in [1.54, 1.807) is 4.90 Å². The minimum absolute atomic E-state index is 0.0187. The van der Waals surface area contributed by atoms with Crippen molar-refractivity contribution in [2.45, 2.75) is 18.1 Å². The molecule has 1 aliphatic rings. The van der Waals surface area contributed by atoms with Gasteiger partial charge in [0.15, 0.2) is 17.6 Å². The number of carbonyl (C=O) groups excluding carboxylic acids is 2. The van der Waals surface area contributed by atoms with Gasteiger partial charge in [-0.25, -0.2) is 0 Å². The highest BCUT2D eigenvalue weighted by atomic mass is 32.2. The van der Waals surface area contributed by atoms with Gasteiger partial charge in [0.25, 0.3) is 5.91 Å². The number of amides is 2. The third-order valence-corrected chi connectivity index (χ3v) is 6.79. The number of para-hydroxylation sites is 2. The van der Waals surface area contributed by atoms with E-state index < -0.39 is 0 Å². The Hall–Kier alpha value is -3.85. The third-order valence-electron chi connectivity index (χ3n) is 5.77. The van der Waals surface area contributed by atoms with Crippen molar-refractivity contribution >= 4 is 45.7 Å². The van der Waals surface area contributed by atoms with Crippen LogP contribution >= 0.6 is 11.8 Å². The molecule has 0 spiro atoms. The SMILES string of the molecule is CC(c1nnc(SCC(=O)Nc2cccc3ccccc23)n1C)N1C(=O)COc2ccccc21. The topological polar surface area (TPSA) is 89.4 Å². The van der Waals surface area contributed by atoms with Crippen molar-refractivity contribution in [2.24, 2.45) is 7.05 Å². The lowest BCUT2D eigenvalue weighted by molar-refractivity contribution is -0.121. The number of nitrogens with zero attached hydrogens (tertiary/aromatic N) is 4. The van der Waals surface area contributed by atoms with Gasteiger partial charge in [0, 0.05) is 18.1 Å². The third kappa shape index (κ3) is 4.10. The van der Waals surface area contributed by atoms with E-state index in [9.17, 15) is 9.59 Å². The summed E-state index contributed by atoms with van der Waals surface area (Å²) in [5.74, 6) is 1.20. The van der Waals surface area contributed by atoms with Crippen molar-refractivity contribution in [3.05, 3.63) is 72.6 Å². The van der Waals surface area contributed by atoms with Crippen LogP contribution in [0.4, 0.5) is 11.4 Å². The monoisotopic (exact) mass is 473 g/mol. The van der Waals surface area contributed by atoms with Crippen LogP contribution in [-0.2, 0) is 16.6 Å². The van der Waals surface area contributed by atoms with Crippen molar-refractivity contribution in [3.8, 4) is 5.75 Å². The molecule has 0 fully saturated rings. The average molecular weight is 474 g/mol. The molecule has 172 valence electrons. The van der Waals surface area contributed by atoms with Gasteiger partial charge in [0.2, 0.25) is 5.91 Å². The molecule has 0 saturated carbocycles. The van der Waals surface area contributed by atoms with Gasteiger partial charge in [-0.05, 0) is 30.5 Å². The number of aromatic nitrogens is 3. The summed E-state index contributed by atoms with van der Waals surface area (Å²) in [7, 11) is 1.84. The van der Waals surface area contributed by atoms with Crippen molar-refractivity contribution in [3.63, 3.8) is 0 Å². The first-order chi connectivity index (χ1) is 16.5. The number of hydrogen-bond donors (Lipinski definition) is 1. The number of thioether (sulfide) groups is 1. The Morgan fingerprint density at radius 3 is 2.74 bits per heavy atom. The van der Waals surface area contributed by atoms with Crippen molar-refractivity contribution in [1.29, 1.82) is 0 Å². The quantitative estimate of drug-likeness (QED) is 0.423. The molecule has 1 aliphatic heterocycles. The normalized spacial score (nSPS) is 13.9. The molecule has 34 heavy (non-hydrogen) atoms. The van der Waals surface area contributed by atoms with E-state index >= 15 is 0 Å². The first-order valence-electron chi connectivity index (χ1n) is 10.9. The Morgan fingerprint density at radius 1 is 1.09 bits per heavy atom. The molecule has 0 aliphatic carbocycles. The highest BCUT2D eigenvalue weighted by Gasteiger charge is 2.32. The summed E-state index contributed by atoms with van der Waals surface area (Å²) >= 11 is 1.30. The van der Waals surface area contributed by atoms with E-state index in [1.807, 2.05) is 85.3 Å². The summed E-state index contributed by atoms with van der Waals surface area (Å²) in [5, 5.41) is 14.2. The van der Waals surface area contributed by atoms with Crippen molar-refractivity contribution < 1.29 is 14.3 Å². The van der Waals surface area contributed by atoms with Gasteiger partial charge in [0.05, 0.1) is 17.5 Å². The predicted octanol–water partition coefficient (Wildman–Crippen LogP) is 4.19. The second kappa shape index (κ2) is 9.18. The lowest BCUT2D eigenvalue weighted by Gasteiger charge is -2.33. The maximum Gasteiger partial charge on any atom is 0.265 e. The fourth-order valence-electron chi connectivity index (χ4n) is 4.13. The Bertz CT molecular complexity index is 1380. The molecule has 0 saturated heterocycles. The van der Waals surface area contributed by atoms with Crippen LogP contribution < -0.4 is 15.0 Å². The van der Waals surface area contributed by atoms with E-state index in [-0.39, 0.29) is 30.2 Å². The van der Waals surface area contributed by atoms with Crippen LogP contribution in [0, 0.1) is 0 Å². The fourth-order valence-corrected chi connectivity index (χ4v) is 4.85. The van der Waals surface area contributed by atoms with Crippen LogP contribution in [0.2, 0.25) is 0 Å². The van der Waals surface area contributed by atoms with E-state index in [2.05, 4.69) is 15.5 Å². The van der Waals surface area contributed by atoms with E-state index in [0.717, 1.165) is 16.5 Å². The number of ether oxygens (including phenoxy) is 1. The highest BCUT2D eigenvalue weighted by Crippen LogP contribution is 2.37. The number of hydrogen-bond acceptors (Lipinski definition) is 6. The molecule has 2 amide bonds. The number of fused-ring (bicyclic) bond motifs is 2. The van der Waals surface area contributed by atoms with Gasteiger partial charge in [0.1, 0.15) is 5.75 Å². The van der Waals surface area contributed by atoms with Crippen molar-refractivity contribution in [2.75, 3.05) is 22.6 Å². The van der Waals surface area contributed by atoms with Gasteiger partial charge < -0.3 is 14.6 Å². The zero-order chi connectivity index (χ0) is 23.7. The number of anilines is 2. The Labute approximate surface area is 200 Å². The lowest BCUT2D eigenvalue weighted by Crippen LogP contribution is -2.41. The summed E-state index contributed by atoms with van der Waals surface area (Å²) in [6, 6.07) is 20.8. The van der Waals surface area contributed by atoms with E-state index in [0.29, 0.717) is 22.4 Å². The summed E-state index contributed by atoms with van der Waals surface area (Å²) < 4.78 is 7.37. The molecule has 1 atom stereocenters. The van der Waals surface area contributed by atoms with Gasteiger partial charge >= 0.3 is 0 Å². The van der Waals surface area contributed by atoms with Gasteiger partial charge in [-0.2, -0.15) is 0 Å². The van der Waals surface area contributed by atoms with Crippen LogP contribution in [0.15, 0.2) is 71.9 Å². The van der Waals surface area contributed by atoms with Crippen LogP contribution in [-0.4, -0.2) is 38.9 Å². The molecular formula is C25H23N5O3S. The summed E-state index contributed by atoms with van der Waals surface area (Å²) in [4.78, 5) is 27.0. The molecule has 4 aromatic rings. The zero-order valence-electron chi connectivity index (χ0n) is 18.8. The molecule has 0 radical (unpaired) electrons. The van der Waals surface area contributed by atoms with Gasteiger partial charge in [-0.1, -0.05) is 60.3 Å². The smallest absolute Gasteiger partial charge is 0.265 e. The van der Waals surface area contributed by atoms with Gasteiger partial charge in [-0.15, -0.1) is 10.2 Å². The molecule has 1 N–H and O–H groups in total. The van der Waals surface area contributed by atoms with Crippen LogP contribution in [0.5, 0.6) is 5.75 Å². The molecule has 1 aromatic heterocycles. The minimum atomic E-state index is -0.353. The first-order valence-corrected chi connectivity index (χ1v) is 11.8. The minimum Gasteiger partial charge on any atom is -0.482 e. The Balaban J connectivity index is 1.29. The Kier molecular flexibility index (Phi) is 5.93. The summed E-state index contributed by atoms with van der Waals surface area (Å²) in [6.45, 7) is 1.89. The predicted molar refractivity (Wildman–Crippen MR) is 132 cm³/mol. The van der Waals surface area contributed by atoms with Crippen LogP contribution in [0.25, 0.3) is 10.8 Å². The van der Waals surface area contributed by atoms with Crippen LogP contribution in [0.3, 0.4) is 0 Å². The largest absolute Gasteiger partial charge is 0.482 e. The number of nitrogens with one attached hydrogen (secondary N) is 1. The molecule has 0 bridgehead atoms. The van der Waals surface area contributed by atoms with Crippen molar-refractivity contribution in [1.82, 2.24) is 14.8 Å². The van der Waals surface area contributed by atoms with Crippen LogP contribution in [0.1, 0.15) is 18.8 Å². The maximum absolute atomic E-state index is 12.7. The fraction of sp³-hybridized carbons (Fsp3) is 0.200. The molecule has 8 nitrogen and oxygen atoms in total.